The summed E-state index contributed by atoms with van der Waals surface area (Å²) in [5.41, 5.74) is 5.33. The molecule has 6 rings (SSSR count). The molecule has 1 fully saturated rings. The predicted molar refractivity (Wildman–Crippen MR) is 121 cm³/mol. The van der Waals surface area contributed by atoms with Gasteiger partial charge in [0.05, 0.1) is 17.8 Å². The van der Waals surface area contributed by atoms with Crippen LogP contribution in [0.3, 0.4) is 0 Å². The minimum Gasteiger partial charge on any atom is -0.355 e. The fraction of sp³-hybridized carbons (Fsp3) is 0.167. The van der Waals surface area contributed by atoms with E-state index in [9.17, 15) is 14.0 Å². The molecule has 2 aromatic carbocycles. The first-order valence-corrected chi connectivity index (χ1v) is 10.7. The molecule has 2 aliphatic heterocycles. The molecule has 8 nitrogen and oxygen atoms in total. The van der Waals surface area contributed by atoms with Gasteiger partial charge in [0.1, 0.15) is 11.9 Å². The Morgan fingerprint density at radius 1 is 1.09 bits per heavy atom. The van der Waals surface area contributed by atoms with E-state index in [4.69, 9.17) is 4.98 Å². The number of fused-ring (bicyclic) bond motifs is 2. The number of aromatic nitrogens is 3. The van der Waals surface area contributed by atoms with Crippen LogP contribution in [0.1, 0.15) is 12.0 Å². The standard InChI is InChI=1S/C24H19FN6O2/c25-16-4-1-13(2-5-16)20-21(14-3-6-17-15(11-14)12-19(32)28-17)31-10-9-26-22(23(31)30-20)29-18-7-8-27-24(18)33/h1-6,9-11,18H,7-8,12H2,(H,26,29)(H,27,33)(H,28,32). The minimum atomic E-state index is -0.379. The number of anilines is 2. The van der Waals surface area contributed by atoms with Crippen molar-refractivity contribution >= 4 is 29.0 Å². The highest BCUT2D eigenvalue weighted by Gasteiger charge is 2.27. The molecule has 0 bridgehead atoms. The molecule has 2 aliphatic rings. The van der Waals surface area contributed by atoms with Gasteiger partial charge >= 0.3 is 0 Å². The number of hydrogen-bond acceptors (Lipinski definition) is 5. The Morgan fingerprint density at radius 2 is 1.91 bits per heavy atom. The lowest BCUT2D eigenvalue weighted by molar-refractivity contribution is -0.119. The van der Waals surface area contributed by atoms with E-state index in [2.05, 4.69) is 20.9 Å². The molecule has 1 atom stereocenters. The summed E-state index contributed by atoms with van der Waals surface area (Å²) in [6.45, 7) is 0.613. The summed E-state index contributed by atoms with van der Waals surface area (Å²) in [6.07, 6.45) is 4.43. The molecule has 9 heteroatoms. The lowest BCUT2D eigenvalue weighted by atomic mass is 10.0. The average Bonchev–Trinajstić information content (AvgIpc) is 3.50. The molecule has 33 heavy (non-hydrogen) atoms. The van der Waals surface area contributed by atoms with Gasteiger partial charge in [0, 0.05) is 35.8 Å². The Kier molecular flexibility index (Phi) is 4.36. The number of nitrogens with zero attached hydrogens (tertiary/aromatic N) is 3. The van der Waals surface area contributed by atoms with Gasteiger partial charge in [-0.25, -0.2) is 14.4 Å². The molecule has 164 valence electrons. The number of halogens is 1. The summed E-state index contributed by atoms with van der Waals surface area (Å²) in [6, 6.07) is 11.6. The highest BCUT2D eigenvalue weighted by molar-refractivity contribution is 6.00. The second kappa shape index (κ2) is 7.40. The normalized spacial score (nSPS) is 17.2. The molecular weight excluding hydrogens is 423 g/mol. The van der Waals surface area contributed by atoms with Crippen LogP contribution in [-0.2, 0) is 16.0 Å². The van der Waals surface area contributed by atoms with Gasteiger partial charge in [0.25, 0.3) is 0 Å². The SMILES string of the molecule is O=C1Cc2cc(-c3c(-c4ccc(F)cc4)nc4c(NC5CCNC5=O)nccn34)ccc2N1. The predicted octanol–water partition coefficient (Wildman–Crippen LogP) is 3.00. The average molecular weight is 442 g/mol. The molecule has 3 N–H and O–H groups in total. The van der Waals surface area contributed by atoms with E-state index in [1.165, 1.54) is 12.1 Å². The second-order valence-electron chi connectivity index (χ2n) is 8.16. The van der Waals surface area contributed by atoms with Crippen LogP contribution >= 0.6 is 0 Å². The van der Waals surface area contributed by atoms with Gasteiger partial charge in [-0.05, 0) is 48.4 Å². The summed E-state index contributed by atoms with van der Waals surface area (Å²) >= 11 is 0. The topological polar surface area (TPSA) is 100 Å². The van der Waals surface area contributed by atoms with Crippen LogP contribution in [0.5, 0.6) is 0 Å². The van der Waals surface area contributed by atoms with Crippen molar-refractivity contribution in [2.75, 3.05) is 17.2 Å². The number of nitrogens with one attached hydrogen (secondary N) is 3. The van der Waals surface area contributed by atoms with Gasteiger partial charge in [0.15, 0.2) is 11.5 Å². The van der Waals surface area contributed by atoms with Crippen LogP contribution in [0.15, 0.2) is 54.9 Å². The van der Waals surface area contributed by atoms with Gasteiger partial charge < -0.3 is 16.0 Å². The molecular formula is C24H19FN6O2. The monoisotopic (exact) mass is 442 g/mol. The van der Waals surface area contributed by atoms with Crippen molar-refractivity contribution in [1.82, 2.24) is 19.7 Å². The summed E-state index contributed by atoms with van der Waals surface area (Å²) in [5.74, 6) is 0.0549. The van der Waals surface area contributed by atoms with Gasteiger partial charge in [-0.15, -0.1) is 0 Å². The third-order valence-corrected chi connectivity index (χ3v) is 6.02. The smallest absolute Gasteiger partial charge is 0.242 e. The van der Waals surface area contributed by atoms with Gasteiger partial charge in [-0.3, -0.25) is 14.0 Å². The minimum absolute atomic E-state index is 0.0374. The zero-order valence-corrected chi connectivity index (χ0v) is 17.4. The molecule has 2 amide bonds. The third kappa shape index (κ3) is 3.29. The van der Waals surface area contributed by atoms with E-state index in [1.807, 2.05) is 22.6 Å². The van der Waals surface area contributed by atoms with Gasteiger partial charge in [0.2, 0.25) is 11.8 Å². The first-order valence-electron chi connectivity index (χ1n) is 10.7. The molecule has 0 spiro atoms. The first kappa shape index (κ1) is 19.4. The quantitative estimate of drug-likeness (QED) is 0.451. The maximum Gasteiger partial charge on any atom is 0.242 e. The molecule has 0 saturated carbocycles. The first-order chi connectivity index (χ1) is 16.1. The van der Waals surface area contributed by atoms with Crippen molar-refractivity contribution in [3.63, 3.8) is 0 Å². The summed E-state index contributed by atoms with van der Waals surface area (Å²) < 4.78 is 15.5. The van der Waals surface area contributed by atoms with Crippen LogP contribution in [0.4, 0.5) is 15.9 Å². The van der Waals surface area contributed by atoms with Crippen molar-refractivity contribution in [1.29, 1.82) is 0 Å². The van der Waals surface area contributed by atoms with E-state index < -0.39 is 0 Å². The number of imidazole rings is 1. The Balaban J connectivity index is 1.55. The largest absolute Gasteiger partial charge is 0.355 e. The molecule has 4 aromatic rings. The maximum absolute atomic E-state index is 13.6. The second-order valence-corrected chi connectivity index (χ2v) is 8.16. The number of rotatable bonds is 4. The fourth-order valence-electron chi connectivity index (χ4n) is 4.44. The molecule has 2 aromatic heterocycles. The maximum atomic E-state index is 13.6. The highest BCUT2D eigenvalue weighted by atomic mass is 19.1. The highest BCUT2D eigenvalue weighted by Crippen LogP contribution is 2.37. The van der Waals surface area contributed by atoms with Crippen LogP contribution in [0.25, 0.3) is 28.2 Å². The number of carbonyl (C=O) groups excluding carboxylic acids is 2. The van der Waals surface area contributed by atoms with Crippen molar-refractivity contribution in [3.8, 4) is 22.5 Å². The third-order valence-electron chi connectivity index (χ3n) is 6.02. The van der Waals surface area contributed by atoms with Gasteiger partial charge in [-0.1, -0.05) is 6.07 Å². The molecule has 4 heterocycles. The Labute approximate surface area is 187 Å². The van der Waals surface area contributed by atoms with E-state index >= 15 is 0 Å². The van der Waals surface area contributed by atoms with E-state index in [0.29, 0.717) is 36.5 Å². The van der Waals surface area contributed by atoms with Crippen molar-refractivity contribution in [3.05, 3.63) is 66.2 Å². The Hall–Kier alpha value is -4.27. The lowest BCUT2D eigenvalue weighted by Crippen LogP contribution is -2.30. The van der Waals surface area contributed by atoms with E-state index in [0.717, 1.165) is 28.1 Å². The van der Waals surface area contributed by atoms with Gasteiger partial charge in [-0.2, -0.15) is 0 Å². The zero-order chi connectivity index (χ0) is 22.5. The van der Waals surface area contributed by atoms with Crippen molar-refractivity contribution in [2.45, 2.75) is 18.9 Å². The van der Waals surface area contributed by atoms with Crippen LogP contribution < -0.4 is 16.0 Å². The summed E-state index contributed by atoms with van der Waals surface area (Å²) in [7, 11) is 0. The number of benzene rings is 2. The number of carbonyl (C=O) groups is 2. The number of hydrogen-bond donors (Lipinski definition) is 3. The van der Waals surface area contributed by atoms with Crippen molar-refractivity contribution < 1.29 is 14.0 Å². The molecule has 0 aliphatic carbocycles. The van der Waals surface area contributed by atoms with Crippen LogP contribution in [0, 0.1) is 5.82 Å². The van der Waals surface area contributed by atoms with E-state index in [-0.39, 0.29) is 23.7 Å². The molecule has 1 saturated heterocycles. The Bertz CT molecular complexity index is 1430. The van der Waals surface area contributed by atoms with Crippen LogP contribution in [-0.4, -0.2) is 38.8 Å². The van der Waals surface area contributed by atoms with Crippen LogP contribution in [0.2, 0.25) is 0 Å². The molecule has 1 unspecified atom stereocenters. The Morgan fingerprint density at radius 3 is 2.70 bits per heavy atom. The molecule has 0 radical (unpaired) electrons. The van der Waals surface area contributed by atoms with Crippen molar-refractivity contribution in [2.24, 2.45) is 0 Å². The van der Waals surface area contributed by atoms with E-state index in [1.54, 1.807) is 24.5 Å². The summed E-state index contributed by atoms with van der Waals surface area (Å²) in [4.78, 5) is 33.3. The fourth-order valence-corrected chi connectivity index (χ4v) is 4.44. The number of amides is 2. The zero-order valence-electron chi connectivity index (χ0n) is 17.4. The summed E-state index contributed by atoms with van der Waals surface area (Å²) in [5, 5.41) is 8.88. The lowest BCUT2D eigenvalue weighted by Gasteiger charge is -2.12.